The molecule has 1 aliphatic heterocycles. The van der Waals surface area contributed by atoms with Crippen molar-refractivity contribution in [3.05, 3.63) is 35.5 Å². The summed E-state index contributed by atoms with van der Waals surface area (Å²) in [5.74, 6) is 2.04. The van der Waals surface area contributed by atoms with Crippen molar-refractivity contribution in [1.82, 2.24) is 19.9 Å². The summed E-state index contributed by atoms with van der Waals surface area (Å²) in [7, 11) is 0. The number of anilines is 2. The molecule has 1 fully saturated rings. The first-order valence-corrected chi connectivity index (χ1v) is 10.7. The standard InChI is InChI=1S/C22H32N6O/c1-14(2)16-11-23-13-25-20(16)26-18-9-22(3,4)10-19-17(18)12-24-21(27-19)28-7-5-15(29)6-8-28/h11-15,18,29H,5-10H2,1-4H3,(H,23,25,26)/t18-/m1/s1. The number of aliphatic hydroxyl groups excluding tert-OH is 1. The predicted molar refractivity (Wildman–Crippen MR) is 114 cm³/mol. The summed E-state index contributed by atoms with van der Waals surface area (Å²) in [6.45, 7) is 10.5. The Kier molecular flexibility index (Phi) is 5.42. The quantitative estimate of drug-likeness (QED) is 0.818. The Morgan fingerprint density at radius 1 is 1.17 bits per heavy atom. The van der Waals surface area contributed by atoms with Gasteiger partial charge in [0.1, 0.15) is 12.1 Å². The molecule has 7 nitrogen and oxygen atoms in total. The Bertz CT molecular complexity index is 860. The van der Waals surface area contributed by atoms with Crippen LogP contribution in [0.4, 0.5) is 11.8 Å². The van der Waals surface area contributed by atoms with Gasteiger partial charge in [-0.2, -0.15) is 0 Å². The molecule has 2 aromatic rings. The first-order chi connectivity index (χ1) is 13.8. The number of hydrogen-bond donors (Lipinski definition) is 2. The molecule has 4 rings (SSSR count). The van der Waals surface area contributed by atoms with Gasteiger partial charge in [-0.05, 0) is 37.0 Å². The van der Waals surface area contributed by atoms with Gasteiger partial charge in [-0.25, -0.2) is 19.9 Å². The summed E-state index contributed by atoms with van der Waals surface area (Å²) in [6, 6.07) is 0.123. The Morgan fingerprint density at radius 3 is 2.66 bits per heavy atom. The Labute approximate surface area is 173 Å². The molecule has 156 valence electrons. The monoisotopic (exact) mass is 396 g/mol. The fourth-order valence-electron chi connectivity index (χ4n) is 4.43. The molecule has 0 spiro atoms. The van der Waals surface area contributed by atoms with E-state index in [1.54, 1.807) is 6.33 Å². The van der Waals surface area contributed by atoms with E-state index < -0.39 is 0 Å². The van der Waals surface area contributed by atoms with Gasteiger partial charge < -0.3 is 15.3 Å². The Hall–Kier alpha value is -2.28. The lowest BCUT2D eigenvalue weighted by Gasteiger charge is -2.38. The maximum absolute atomic E-state index is 9.78. The van der Waals surface area contributed by atoms with E-state index in [-0.39, 0.29) is 17.6 Å². The Morgan fingerprint density at radius 2 is 1.93 bits per heavy atom. The lowest BCUT2D eigenvalue weighted by Crippen LogP contribution is -2.38. The number of nitrogens with one attached hydrogen (secondary N) is 1. The van der Waals surface area contributed by atoms with Crippen molar-refractivity contribution in [2.45, 2.75) is 71.4 Å². The van der Waals surface area contributed by atoms with Gasteiger partial charge in [0.05, 0.1) is 17.8 Å². The number of nitrogens with zero attached hydrogens (tertiary/aromatic N) is 5. The summed E-state index contributed by atoms with van der Waals surface area (Å²) in [6.07, 6.45) is 8.80. The fourth-order valence-corrected chi connectivity index (χ4v) is 4.43. The zero-order chi connectivity index (χ0) is 20.6. The lowest BCUT2D eigenvalue weighted by atomic mass is 9.74. The zero-order valence-electron chi connectivity index (χ0n) is 17.9. The van der Waals surface area contributed by atoms with Gasteiger partial charge >= 0.3 is 0 Å². The van der Waals surface area contributed by atoms with Gasteiger partial charge in [0.15, 0.2) is 0 Å². The first-order valence-electron chi connectivity index (χ1n) is 10.7. The SMILES string of the molecule is CC(C)c1cncnc1N[C@@H]1CC(C)(C)Cc2nc(N3CCC(O)CC3)ncc21. The molecule has 1 saturated heterocycles. The van der Waals surface area contributed by atoms with Crippen molar-refractivity contribution < 1.29 is 5.11 Å². The molecular formula is C22H32N6O. The third-order valence-electron chi connectivity index (χ3n) is 6.09. The number of rotatable bonds is 4. The van der Waals surface area contributed by atoms with E-state index in [0.29, 0.717) is 5.92 Å². The third kappa shape index (κ3) is 4.34. The number of hydrogen-bond acceptors (Lipinski definition) is 7. The minimum absolute atomic E-state index is 0.123. The first kappa shape index (κ1) is 20.0. The third-order valence-corrected chi connectivity index (χ3v) is 6.09. The van der Waals surface area contributed by atoms with E-state index in [1.807, 2.05) is 12.4 Å². The van der Waals surface area contributed by atoms with Gasteiger partial charge in [-0.1, -0.05) is 27.7 Å². The average molecular weight is 397 g/mol. The van der Waals surface area contributed by atoms with Crippen molar-refractivity contribution in [2.24, 2.45) is 5.41 Å². The Balaban J connectivity index is 1.63. The summed E-state index contributed by atoms with van der Waals surface area (Å²) in [5.41, 5.74) is 3.55. The fraction of sp³-hybridized carbons (Fsp3) is 0.636. The van der Waals surface area contributed by atoms with Crippen LogP contribution in [0.1, 0.15) is 75.7 Å². The topological polar surface area (TPSA) is 87.1 Å². The molecule has 2 aromatic heterocycles. The van der Waals surface area contributed by atoms with Gasteiger partial charge in [-0.15, -0.1) is 0 Å². The molecule has 0 bridgehead atoms. The van der Waals surface area contributed by atoms with Crippen LogP contribution in [0.25, 0.3) is 0 Å². The van der Waals surface area contributed by atoms with Crippen LogP contribution in [0, 0.1) is 5.41 Å². The van der Waals surface area contributed by atoms with Gasteiger partial charge in [0.2, 0.25) is 5.95 Å². The smallest absolute Gasteiger partial charge is 0.225 e. The van der Waals surface area contributed by atoms with Crippen LogP contribution in [-0.2, 0) is 6.42 Å². The molecule has 0 aromatic carbocycles. The number of aromatic nitrogens is 4. The lowest BCUT2D eigenvalue weighted by molar-refractivity contribution is 0.145. The van der Waals surface area contributed by atoms with Crippen molar-refractivity contribution >= 4 is 11.8 Å². The van der Waals surface area contributed by atoms with E-state index in [1.165, 1.54) is 5.56 Å². The minimum atomic E-state index is -0.195. The second-order valence-corrected chi connectivity index (χ2v) is 9.51. The second-order valence-electron chi connectivity index (χ2n) is 9.51. The van der Waals surface area contributed by atoms with E-state index in [9.17, 15) is 5.11 Å². The number of aliphatic hydroxyl groups is 1. The minimum Gasteiger partial charge on any atom is -0.393 e. The van der Waals surface area contributed by atoms with Crippen molar-refractivity contribution in [3.63, 3.8) is 0 Å². The van der Waals surface area contributed by atoms with Crippen LogP contribution in [0.2, 0.25) is 0 Å². The molecule has 2 aliphatic rings. The summed E-state index contributed by atoms with van der Waals surface area (Å²) < 4.78 is 0. The molecule has 0 amide bonds. The van der Waals surface area contributed by atoms with Crippen molar-refractivity contribution in [2.75, 3.05) is 23.3 Å². The summed E-state index contributed by atoms with van der Waals surface area (Å²) in [5, 5.41) is 13.5. The van der Waals surface area contributed by atoms with Crippen LogP contribution < -0.4 is 10.2 Å². The van der Waals surface area contributed by atoms with E-state index >= 15 is 0 Å². The van der Waals surface area contributed by atoms with E-state index in [4.69, 9.17) is 9.97 Å². The van der Waals surface area contributed by atoms with Crippen molar-refractivity contribution in [3.8, 4) is 0 Å². The molecule has 1 atom stereocenters. The molecule has 0 saturated carbocycles. The number of fused-ring (bicyclic) bond motifs is 1. The summed E-state index contributed by atoms with van der Waals surface area (Å²) >= 11 is 0. The van der Waals surface area contributed by atoms with Gasteiger partial charge in [0, 0.05) is 36.6 Å². The zero-order valence-corrected chi connectivity index (χ0v) is 17.9. The molecule has 2 N–H and O–H groups in total. The number of piperidine rings is 1. The maximum atomic E-state index is 9.78. The molecule has 3 heterocycles. The largest absolute Gasteiger partial charge is 0.393 e. The van der Waals surface area contributed by atoms with Crippen LogP contribution >= 0.6 is 0 Å². The van der Waals surface area contributed by atoms with E-state index in [0.717, 1.165) is 61.8 Å². The van der Waals surface area contributed by atoms with Crippen LogP contribution in [0.15, 0.2) is 18.7 Å². The molecule has 7 heteroatoms. The highest BCUT2D eigenvalue weighted by Crippen LogP contribution is 2.42. The average Bonchev–Trinajstić information content (AvgIpc) is 2.67. The highest BCUT2D eigenvalue weighted by Gasteiger charge is 2.35. The van der Waals surface area contributed by atoms with E-state index in [2.05, 4.69) is 47.9 Å². The highest BCUT2D eigenvalue weighted by molar-refractivity contribution is 5.48. The maximum Gasteiger partial charge on any atom is 0.225 e. The predicted octanol–water partition coefficient (Wildman–Crippen LogP) is 3.48. The highest BCUT2D eigenvalue weighted by atomic mass is 16.3. The molecule has 1 aliphatic carbocycles. The van der Waals surface area contributed by atoms with Crippen LogP contribution in [0.3, 0.4) is 0 Å². The summed E-state index contributed by atoms with van der Waals surface area (Å²) in [4.78, 5) is 20.6. The van der Waals surface area contributed by atoms with Crippen LogP contribution in [-0.4, -0.2) is 44.2 Å². The molecule has 0 radical (unpaired) electrons. The molecule has 29 heavy (non-hydrogen) atoms. The van der Waals surface area contributed by atoms with Crippen LogP contribution in [0.5, 0.6) is 0 Å². The normalized spacial score (nSPS) is 21.9. The second kappa shape index (κ2) is 7.86. The van der Waals surface area contributed by atoms with Gasteiger partial charge in [0.25, 0.3) is 0 Å². The van der Waals surface area contributed by atoms with Gasteiger partial charge in [-0.3, -0.25) is 0 Å². The molecule has 0 unspecified atom stereocenters. The van der Waals surface area contributed by atoms with Crippen molar-refractivity contribution in [1.29, 1.82) is 0 Å². The molecular weight excluding hydrogens is 364 g/mol.